The lowest BCUT2D eigenvalue weighted by Crippen LogP contribution is -2.15. The predicted octanol–water partition coefficient (Wildman–Crippen LogP) is 3.06. The fourth-order valence-electron chi connectivity index (χ4n) is 2.00. The lowest BCUT2D eigenvalue weighted by molar-refractivity contribution is 0.0651. The highest BCUT2D eigenvalue weighted by Gasteiger charge is 2.18. The topological polar surface area (TPSA) is 92.4 Å². The smallest absolute Gasteiger partial charge is 0.374 e. The Labute approximate surface area is 121 Å². The summed E-state index contributed by atoms with van der Waals surface area (Å²) in [6.45, 7) is 5.96. The van der Waals surface area contributed by atoms with Crippen LogP contribution in [0.4, 0.5) is 5.69 Å². The molecule has 1 heterocycles. The van der Waals surface area contributed by atoms with Crippen LogP contribution in [-0.2, 0) is 0 Å². The van der Waals surface area contributed by atoms with Crippen molar-refractivity contribution in [3.05, 3.63) is 46.8 Å². The second-order valence-corrected chi connectivity index (χ2v) is 5.03. The number of para-hydroxylation sites is 1. The van der Waals surface area contributed by atoms with Gasteiger partial charge in [-0.1, -0.05) is 37.2 Å². The molecule has 2 aromatic rings. The average Bonchev–Trinajstić information content (AvgIpc) is 2.90. The van der Waals surface area contributed by atoms with Gasteiger partial charge in [0.1, 0.15) is 0 Å². The van der Waals surface area contributed by atoms with Gasteiger partial charge in [-0.25, -0.2) is 4.79 Å². The number of nitrogens with one attached hydrogen (secondary N) is 1. The Morgan fingerprint density at radius 1 is 1.33 bits per heavy atom. The highest BCUT2D eigenvalue weighted by Crippen LogP contribution is 2.27. The van der Waals surface area contributed by atoms with E-state index in [-0.39, 0.29) is 17.4 Å². The van der Waals surface area contributed by atoms with Crippen molar-refractivity contribution in [1.29, 1.82) is 0 Å². The van der Waals surface area contributed by atoms with Crippen LogP contribution in [0.15, 0.2) is 28.8 Å². The van der Waals surface area contributed by atoms with Crippen LogP contribution in [0.1, 0.15) is 51.9 Å². The van der Waals surface area contributed by atoms with E-state index < -0.39 is 11.9 Å². The quantitative estimate of drug-likeness (QED) is 0.902. The van der Waals surface area contributed by atoms with E-state index in [0.717, 1.165) is 22.9 Å². The molecule has 6 heteroatoms. The van der Waals surface area contributed by atoms with Gasteiger partial charge in [-0.3, -0.25) is 4.79 Å². The van der Waals surface area contributed by atoms with E-state index >= 15 is 0 Å². The van der Waals surface area contributed by atoms with E-state index in [4.69, 9.17) is 5.11 Å². The molecule has 0 saturated heterocycles. The first kappa shape index (κ1) is 14.8. The van der Waals surface area contributed by atoms with Gasteiger partial charge in [0.05, 0.1) is 0 Å². The van der Waals surface area contributed by atoms with Gasteiger partial charge < -0.3 is 14.9 Å². The maximum Gasteiger partial charge on any atom is 0.374 e. The number of aromatic nitrogens is 1. The molecular weight excluding hydrogens is 272 g/mol. The third-order valence-electron chi connectivity index (χ3n) is 3.12. The van der Waals surface area contributed by atoms with Crippen LogP contribution in [0, 0.1) is 6.92 Å². The number of anilines is 1. The molecule has 0 aliphatic heterocycles. The second-order valence-electron chi connectivity index (χ2n) is 5.03. The van der Waals surface area contributed by atoms with Crippen molar-refractivity contribution in [2.24, 2.45) is 0 Å². The highest BCUT2D eigenvalue weighted by atomic mass is 16.5. The number of nitrogens with zero attached hydrogens (tertiary/aromatic N) is 1. The van der Waals surface area contributed by atoms with Crippen LogP contribution in [0.25, 0.3) is 0 Å². The van der Waals surface area contributed by atoms with Gasteiger partial charge in [0.25, 0.3) is 5.91 Å². The number of rotatable bonds is 4. The van der Waals surface area contributed by atoms with Crippen LogP contribution in [0.3, 0.4) is 0 Å². The molecule has 0 spiro atoms. The Morgan fingerprint density at radius 2 is 2.05 bits per heavy atom. The molecule has 0 fully saturated rings. The number of benzene rings is 1. The van der Waals surface area contributed by atoms with Gasteiger partial charge in [0.15, 0.2) is 5.69 Å². The Hall–Kier alpha value is -2.63. The van der Waals surface area contributed by atoms with E-state index in [1.165, 1.54) is 0 Å². The first-order chi connectivity index (χ1) is 9.90. The number of carbonyl (C=O) groups is 2. The standard InChI is InChI=1S/C15H16N2O4/c1-8(2)10-6-4-5-9(3)13(10)16-14(18)11-7-12(15(19)20)21-17-11/h4-8H,1-3H3,(H,16,18)(H,19,20). The molecule has 0 saturated carbocycles. The molecule has 2 N–H and O–H groups in total. The summed E-state index contributed by atoms with van der Waals surface area (Å²) < 4.78 is 4.58. The van der Waals surface area contributed by atoms with Crippen molar-refractivity contribution in [2.75, 3.05) is 5.32 Å². The van der Waals surface area contributed by atoms with Crippen molar-refractivity contribution in [3.63, 3.8) is 0 Å². The number of aromatic carboxylic acids is 1. The Bertz CT molecular complexity index is 689. The summed E-state index contributed by atoms with van der Waals surface area (Å²) >= 11 is 0. The minimum absolute atomic E-state index is 0.0645. The third-order valence-corrected chi connectivity index (χ3v) is 3.12. The van der Waals surface area contributed by atoms with Crippen molar-refractivity contribution in [1.82, 2.24) is 5.16 Å². The molecule has 6 nitrogen and oxygen atoms in total. The molecule has 0 atom stereocenters. The molecule has 1 aromatic heterocycles. The number of amides is 1. The van der Waals surface area contributed by atoms with Gasteiger partial charge in [-0.2, -0.15) is 0 Å². The average molecular weight is 288 g/mol. The van der Waals surface area contributed by atoms with Crippen molar-refractivity contribution in [3.8, 4) is 0 Å². The minimum Gasteiger partial charge on any atom is -0.475 e. The molecule has 0 unspecified atom stereocenters. The summed E-state index contributed by atoms with van der Waals surface area (Å²) in [7, 11) is 0. The molecule has 0 aliphatic rings. The number of carbonyl (C=O) groups excluding carboxylic acids is 1. The lowest BCUT2D eigenvalue weighted by Gasteiger charge is -2.15. The maximum absolute atomic E-state index is 12.2. The molecule has 0 radical (unpaired) electrons. The fraction of sp³-hybridized carbons (Fsp3) is 0.267. The summed E-state index contributed by atoms with van der Waals surface area (Å²) in [5, 5.41) is 15.0. The normalized spacial score (nSPS) is 10.7. The van der Waals surface area contributed by atoms with Crippen molar-refractivity contribution < 1.29 is 19.2 Å². The fourth-order valence-corrected chi connectivity index (χ4v) is 2.00. The summed E-state index contributed by atoms with van der Waals surface area (Å²) in [6, 6.07) is 6.87. The SMILES string of the molecule is Cc1cccc(C(C)C)c1NC(=O)c1cc(C(=O)O)on1. The lowest BCUT2D eigenvalue weighted by atomic mass is 9.98. The predicted molar refractivity (Wildman–Crippen MR) is 76.7 cm³/mol. The van der Waals surface area contributed by atoms with E-state index in [1.807, 2.05) is 39.0 Å². The van der Waals surface area contributed by atoms with Crippen LogP contribution < -0.4 is 5.32 Å². The molecule has 0 aliphatic carbocycles. The second kappa shape index (κ2) is 5.78. The van der Waals surface area contributed by atoms with Gasteiger partial charge in [-0.05, 0) is 24.0 Å². The first-order valence-corrected chi connectivity index (χ1v) is 6.51. The van der Waals surface area contributed by atoms with Crippen molar-refractivity contribution in [2.45, 2.75) is 26.7 Å². The van der Waals surface area contributed by atoms with E-state index in [0.29, 0.717) is 0 Å². The van der Waals surface area contributed by atoms with E-state index in [1.54, 1.807) is 0 Å². The number of aryl methyl sites for hydroxylation is 1. The van der Waals surface area contributed by atoms with E-state index in [2.05, 4.69) is 15.0 Å². The van der Waals surface area contributed by atoms with Crippen LogP contribution in [-0.4, -0.2) is 22.1 Å². The zero-order chi connectivity index (χ0) is 15.6. The van der Waals surface area contributed by atoms with Gasteiger partial charge in [-0.15, -0.1) is 0 Å². The zero-order valence-corrected chi connectivity index (χ0v) is 12.0. The zero-order valence-electron chi connectivity index (χ0n) is 12.0. The molecule has 21 heavy (non-hydrogen) atoms. The highest BCUT2D eigenvalue weighted by molar-refractivity contribution is 6.04. The number of carboxylic acids is 1. The minimum atomic E-state index is -1.26. The molecule has 1 aromatic carbocycles. The Morgan fingerprint density at radius 3 is 2.62 bits per heavy atom. The third kappa shape index (κ3) is 3.10. The number of hydrogen-bond donors (Lipinski definition) is 2. The molecule has 110 valence electrons. The maximum atomic E-state index is 12.2. The van der Waals surface area contributed by atoms with E-state index in [9.17, 15) is 9.59 Å². The number of hydrogen-bond acceptors (Lipinski definition) is 4. The van der Waals surface area contributed by atoms with Gasteiger partial charge in [0, 0.05) is 11.8 Å². The van der Waals surface area contributed by atoms with Crippen LogP contribution in [0.5, 0.6) is 0 Å². The van der Waals surface area contributed by atoms with Gasteiger partial charge >= 0.3 is 5.97 Å². The summed E-state index contributed by atoms with van der Waals surface area (Å²) in [6.07, 6.45) is 0. The Balaban J connectivity index is 2.29. The van der Waals surface area contributed by atoms with Crippen LogP contribution in [0.2, 0.25) is 0 Å². The summed E-state index contributed by atoms with van der Waals surface area (Å²) in [5.74, 6) is -1.89. The first-order valence-electron chi connectivity index (χ1n) is 6.51. The molecule has 2 rings (SSSR count). The van der Waals surface area contributed by atoms with Gasteiger partial charge in [0.2, 0.25) is 5.76 Å². The number of carboxylic acid groups (broad SMARTS) is 1. The summed E-state index contributed by atoms with van der Waals surface area (Å²) in [5.41, 5.74) is 2.59. The van der Waals surface area contributed by atoms with Crippen molar-refractivity contribution >= 4 is 17.6 Å². The largest absolute Gasteiger partial charge is 0.475 e. The molecule has 1 amide bonds. The van der Waals surface area contributed by atoms with Crippen LogP contribution >= 0.6 is 0 Å². The summed E-state index contributed by atoms with van der Waals surface area (Å²) in [4.78, 5) is 22.9. The molecule has 0 bridgehead atoms. The molecular formula is C15H16N2O4. The Kier molecular flexibility index (Phi) is 4.07. The monoisotopic (exact) mass is 288 g/mol.